The largest absolute Gasteiger partial charge is 0.494 e. The molecule has 6 unspecified atom stereocenters. The fourth-order valence-corrected chi connectivity index (χ4v) is 5.61. The van der Waals surface area contributed by atoms with Crippen LogP contribution in [0.1, 0.15) is 35.8 Å². The molecular weight excluding hydrogens is 360 g/mol. The van der Waals surface area contributed by atoms with Gasteiger partial charge in [-0.15, -0.1) is 0 Å². The predicted octanol–water partition coefficient (Wildman–Crippen LogP) is 4.82. The summed E-state index contributed by atoms with van der Waals surface area (Å²) >= 11 is 0. The fourth-order valence-electron chi connectivity index (χ4n) is 5.61. The molecule has 5 rings (SSSR count). The van der Waals surface area contributed by atoms with Gasteiger partial charge in [0, 0.05) is 11.8 Å². The zero-order chi connectivity index (χ0) is 19.8. The Kier molecular flexibility index (Phi) is 4.67. The van der Waals surface area contributed by atoms with Crippen LogP contribution in [-0.2, 0) is 14.3 Å². The lowest BCUT2D eigenvalue weighted by Gasteiger charge is -2.27. The lowest BCUT2D eigenvalue weighted by molar-refractivity contribution is -0.125. The number of carbonyl (C=O) groups excluding carboxylic acids is 2. The monoisotopic (exact) mass is 384 g/mol. The van der Waals surface area contributed by atoms with E-state index in [0.717, 1.165) is 24.0 Å². The van der Waals surface area contributed by atoms with Crippen LogP contribution in [-0.4, -0.2) is 17.7 Å². The maximum atomic E-state index is 13.5. The van der Waals surface area contributed by atoms with Gasteiger partial charge in [-0.1, -0.05) is 66.7 Å². The highest BCUT2D eigenvalue weighted by atomic mass is 16.5. The highest BCUT2D eigenvalue weighted by Gasteiger charge is 2.59. The Morgan fingerprint density at radius 3 is 2.14 bits per heavy atom. The van der Waals surface area contributed by atoms with Crippen molar-refractivity contribution < 1.29 is 14.3 Å². The van der Waals surface area contributed by atoms with Crippen LogP contribution in [0, 0.1) is 17.8 Å². The lowest BCUT2D eigenvalue weighted by Crippen LogP contribution is -2.25. The van der Waals surface area contributed by atoms with Gasteiger partial charge in [-0.3, -0.25) is 9.59 Å². The number of benzene rings is 2. The molecule has 2 aromatic rings. The second kappa shape index (κ2) is 7.47. The Hall–Kier alpha value is -2.94. The second-order valence-electron chi connectivity index (χ2n) is 8.34. The minimum absolute atomic E-state index is 0.00478. The van der Waals surface area contributed by atoms with Crippen molar-refractivity contribution in [2.45, 2.75) is 30.8 Å². The molecule has 3 nitrogen and oxygen atoms in total. The zero-order valence-corrected chi connectivity index (χ0v) is 16.2. The third kappa shape index (κ3) is 3.15. The third-order valence-corrected chi connectivity index (χ3v) is 6.77. The first-order valence-electron chi connectivity index (χ1n) is 10.4. The molecule has 0 amide bonds. The van der Waals surface area contributed by atoms with Gasteiger partial charge in [0.15, 0.2) is 11.6 Å². The smallest absolute Gasteiger partial charge is 0.152 e. The second-order valence-corrected chi connectivity index (χ2v) is 8.34. The molecule has 0 spiro atoms. The highest BCUT2D eigenvalue weighted by Crippen LogP contribution is 2.56. The molecule has 0 radical (unpaired) electrons. The van der Waals surface area contributed by atoms with Crippen LogP contribution in [0.15, 0.2) is 85.2 Å². The maximum absolute atomic E-state index is 13.5. The van der Waals surface area contributed by atoms with E-state index in [-0.39, 0.29) is 41.3 Å². The number of Topliss-reactive ketones (excluding diaryl/α,β-unsaturated/α-hetero) is 2. The summed E-state index contributed by atoms with van der Waals surface area (Å²) in [6, 6.07) is 19.8. The number of ether oxygens (including phenoxy) is 1. The number of carbonyl (C=O) groups is 2. The van der Waals surface area contributed by atoms with Crippen LogP contribution in [0.25, 0.3) is 0 Å². The molecule has 2 fully saturated rings. The summed E-state index contributed by atoms with van der Waals surface area (Å²) in [5.41, 5.74) is 2.00. The molecule has 3 heteroatoms. The van der Waals surface area contributed by atoms with E-state index in [1.54, 1.807) is 6.26 Å². The van der Waals surface area contributed by atoms with E-state index in [1.807, 2.05) is 60.7 Å². The number of hydrogen-bond acceptors (Lipinski definition) is 3. The molecule has 0 N–H and O–H groups in total. The molecule has 2 aliphatic carbocycles. The fraction of sp³-hybridized carbons (Fsp3) is 0.308. The van der Waals surface area contributed by atoms with Crippen LogP contribution in [0.5, 0.6) is 0 Å². The first kappa shape index (κ1) is 18.1. The van der Waals surface area contributed by atoms with Crippen molar-refractivity contribution in [3.05, 3.63) is 96.3 Å². The van der Waals surface area contributed by atoms with E-state index in [0.29, 0.717) is 0 Å². The lowest BCUT2D eigenvalue weighted by atomic mass is 9.78. The maximum Gasteiger partial charge on any atom is 0.152 e. The molecule has 0 bridgehead atoms. The van der Waals surface area contributed by atoms with Crippen LogP contribution in [0.3, 0.4) is 0 Å². The Morgan fingerprint density at radius 2 is 1.48 bits per heavy atom. The molecule has 3 aliphatic rings. The molecule has 0 aromatic heterocycles. The number of allylic oxidation sites excluding steroid dienone is 2. The predicted molar refractivity (Wildman–Crippen MR) is 111 cm³/mol. The first-order valence-corrected chi connectivity index (χ1v) is 10.4. The van der Waals surface area contributed by atoms with Gasteiger partial charge in [0.1, 0.15) is 12.0 Å². The van der Waals surface area contributed by atoms with Gasteiger partial charge in [0.05, 0.1) is 6.26 Å². The summed E-state index contributed by atoms with van der Waals surface area (Å²) in [5.74, 6) is -0.508. The van der Waals surface area contributed by atoms with Gasteiger partial charge in [-0.2, -0.15) is 0 Å². The standard InChI is InChI=1S/C26H24O3/c27-25-21-16-19(15-20-13-7-8-14-29-20)22(17-9-3-1-4-10-17)24(21)26(28)23(25)18-11-5-2-6-12-18/h1-14,19-24H,15-16H2. The van der Waals surface area contributed by atoms with Crippen LogP contribution in [0.4, 0.5) is 0 Å². The van der Waals surface area contributed by atoms with Gasteiger partial charge in [-0.05, 0) is 48.0 Å². The van der Waals surface area contributed by atoms with Crippen LogP contribution in [0.2, 0.25) is 0 Å². The normalized spacial score (nSPS) is 33.0. The third-order valence-electron chi connectivity index (χ3n) is 6.77. The quantitative estimate of drug-likeness (QED) is 0.710. The minimum atomic E-state index is -0.605. The van der Waals surface area contributed by atoms with E-state index in [4.69, 9.17) is 4.74 Å². The molecule has 0 saturated heterocycles. The molecule has 29 heavy (non-hydrogen) atoms. The van der Waals surface area contributed by atoms with Gasteiger partial charge in [-0.25, -0.2) is 0 Å². The van der Waals surface area contributed by atoms with E-state index < -0.39 is 5.92 Å². The van der Waals surface area contributed by atoms with Crippen molar-refractivity contribution >= 4 is 11.6 Å². The van der Waals surface area contributed by atoms with E-state index in [9.17, 15) is 9.59 Å². The van der Waals surface area contributed by atoms with Crippen molar-refractivity contribution in [1.82, 2.24) is 0 Å². The van der Waals surface area contributed by atoms with Gasteiger partial charge < -0.3 is 4.74 Å². The van der Waals surface area contributed by atoms with Crippen molar-refractivity contribution in [3.63, 3.8) is 0 Å². The van der Waals surface area contributed by atoms with Crippen LogP contribution >= 0.6 is 0 Å². The minimum Gasteiger partial charge on any atom is -0.494 e. The summed E-state index contributed by atoms with van der Waals surface area (Å²) in [4.78, 5) is 26.9. The molecule has 6 atom stereocenters. The number of hydrogen-bond donors (Lipinski definition) is 0. The molecule has 1 aliphatic heterocycles. The molecular formula is C26H24O3. The number of fused-ring (bicyclic) bond motifs is 1. The van der Waals surface area contributed by atoms with Crippen LogP contribution < -0.4 is 0 Å². The van der Waals surface area contributed by atoms with Gasteiger partial charge in [0.25, 0.3) is 0 Å². The van der Waals surface area contributed by atoms with Gasteiger partial charge in [0.2, 0.25) is 0 Å². The molecule has 2 aromatic carbocycles. The van der Waals surface area contributed by atoms with E-state index in [2.05, 4.69) is 18.2 Å². The van der Waals surface area contributed by atoms with Crippen molar-refractivity contribution in [2.75, 3.05) is 0 Å². The molecule has 1 heterocycles. The van der Waals surface area contributed by atoms with E-state index >= 15 is 0 Å². The summed E-state index contributed by atoms with van der Waals surface area (Å²) in [6.07, 6.45) is 9.26. The summed E-state index contributed by atoms with van der Waals surface area (Å²) < 4.78 is 5.75. The highest BCUT2D eigenvalue weighted by molar-refractivity contribution is 6.16. The summed E-state index contributed by atoms with van der Waals surface area (Å²) in [7, 11) is 0. The Labute approximate surface area is 171 Å². The zero-order valence-electron chi connectivity index (χ0n) is 16.2. The number of rotatable bonds is 4. The van der Waals surface area contributed by atoms with Crippen molar-refractivity contribution in [1.29, 1.82) is 0 Å². The SMILES string of the molecule is O=C1C(c2ccccc2)C(=O)C2C1CC(CC1C=CC=CO1)C2c1ccccc1. The topological polar surface area (TPSA) is 43.4 Å². The summed E-state index contributed by atoms with van der Waals surface area (Å²) in [5, 5.41) is 0. The molecule has 146 valence electrons. The summed E-state index contributed by atoms with van der Waals surface area (Å²) in [6.45, 7) is 0. The van der Waals surface area contributed by atoms with Crippen molar-refractivity contribution in [3.8, 4) is 0 Å². The Balaban J connectivity index is 1.49. The number of ketones is 2. The van der Waals surface area contributed by atoms with Gasteiger partial charge >= 0.3 is 0 Å². The first-order chi connectivity index (χ1) is 14.2. The Morgan fingerprint density at radius 1 is 0.793 bits per heavy atom. The van der Waals surface area contributed by atoms with E-state index in [1.165, 1.54) is 0 Å². The average molecular weight is 384 g/mol. The molecule has 2 saturated carbocycles. The average Bonchev–Trinajstić information content (AvgIpc) is 3.25. The Bertz CT molecular complexity index is 960. The van der Waals surface area contributed by atoms with Crippen molar-refractivity contribution in [2.24, 2.45) is 17.8 Å².